The maximum atomic E-state index is 13.2. The minimum Gasteiger partial charge on any atom is -0.376 e. The van der Waals surface area contributed by atoms with Gasteiger partial charge in [-0.15, -0.1) is 0 Å². The number of rotatable bonds is 6. The van der Waals surface area contributed by atoms with E-state index in [1.807, 2.05) is 0 Å². The van der Waals surface area contributed by atoms with E-state index in [9.17, 15) is 22.8 Å². The number of fused-ring (bicyclic) bond motifs is 1. The van der Waals surface area contributed by atoms with Crippen molar-refractivity contribution in [2.24, 2.45) is 0 Å². The molecular formula is C20H18F3N5O3S. The lowest BCUT2D eigenvalue weighted by molar-refractivity contribution is -0.137. The number of halogens is 3. The van der Waals surface area contributed by atoms with Crippen molar-refractivity contribution in [3.05, 3.63) is 52.6 Å². The van der Waals surface area contributed by atoms with E-state index in [-0.39, 0.29) is 40.4 Å². The van der Waals surface area contributed by atoms with Crippen molar-refractivity contribution in [3.63, 3.8) is 0 Å². The topological polar surface area (TPSA) is 99.0 Å². The standard InChI is InChI=1S/C20H18F3N5O3S/c21-20(22,23)13-5-1-2-6-14(13)26-15(29)11-32-19-27-17-16(24-7-8-25-17)18(30)28(19)10-12-4-3-9-31-12/h1-2,5-8,12H,3-4,9-11H2,(H,26,29)/t12-/m0/s1. The van der Waals surface area contributed by atoms with Crippen molar-refractivity contribution in [1.82, 2.24) is 19.5 Å². The molecule has 0 aliphatic carbocycles. The van der Waals surface area contributed by atoms with Gasteiger partial charge in [-0.3, -0.25) is 14.2 Å². The molecule has 1 atom stereocenters. The summed E-state index contributed by atoms with van der Waals surface area (Å²) in [7, 11) is 0. The lowest BCUT2D eigenvalue weighted by Crippen LogP contribution is -2.30. The number of para-hydroxylation sites is 1. The quantitative estimate of drug-likeness (QED) is 0.441. The van der Waals surface area contributed by atoms with Crippen molar-refractivity contribution in [2.45, 2.75) is 36.8 Å². The predicted octanol–water partition coefficient (Wildman–Crippen LogP) is 3.12. The van der Waals surface area contributed by atoms with Gasteiger partial charge in [0.1, 0.15) is 0 Å². The summed E-state index contributed by atoms with van der Waals surface area (Å²) in [5.41, 5.74) is -1.46. The fourth-order valence-corrected chi connectivity index (χ4v) is 4.14. The Morgan fingerprint density at radius 1 is 1.25 bits per heavy atom. The molecule has 168 valence electrons. The molecule has 2 aromatic heterocycles. The minimum absolute atomic E-state index is 0.0957. The van der Waals surface area contributed by atoms with Crippen molar-refractivity contribution in [3.8, 4) is 0 Å². The van der Waals surface area contributed by atoms with Crippen LogP contribution in [-0.4, -0.2) is 43.9 Å². The first-order chi connectivity index (χ1) is 15.3. The third-order valence-corrected chi connectivity index (χ3v) is 5.78. The van der Waals surface area contributed by atoms with Crippen LogP contribution in [0, 0.1) is 0 Å². The highest BCUT2D eigenvalue weighted by Gasteiger charge is 2.33. The number of carbonyl (C=O) groups is 1. The normalized spacial score (nSPS) is 16.4. The molecule has 1 N–H and O–H groups in total. The monoisotopic (exact) mass is 465 g/mol. The fourth-order valence-electron chi connectivity index (χ4n) is 3.35. The number of amides is 1. The number of benzene rings is 1. The van der Waals surface area contributed by atoms with E-state index < -0.39 is 23.2 Å². The molecule has 3 aromatic rings. The maximum Gasteiger partial charge on any atom is 0.418 e. The van der Waals surface area contributed by atoms with Crippen LogP contribution in [0.15, 0.2) is 46.6 Å². The molecule has 1 aliphatic heterocycles. The van der Waals surface area contributed by atoms with Crippen LogP contribution in [-0.2, 0) is 22.3 Å². The van der Waals surface area contributed by atoms with Gasteiger partial charge in [0.2, 0.25) is 5.91 Å². The number of nitrogens with one attached hydrogen (secondary N) is 1. The molecule has 3 heterocycles. The summed E-state index contributed by atoms with van der Waals surface area (Å²) in [6, 6.07) is 4.73. The Morgan fingerprint density at radius 3 is 2.78 bits per heavy atom. The van der Waals surface area contributed by atoms with Gasteiger partial charge in [0.15, 0.2) is 16.3 Å². The Balaban J connectivity index is 1.56. The summed E-state index contributed by atoms with van der Waals surface area (Å²) in [5.74, 6) is -0.917. The summed E-state index contributed by atoms with van der Waals surface area (Å²) in [6.45, 7) is 0.836. The van der Waals surface area contributed by atoms with E-state index in [1.165, 1.54) is 35.2 Å². The third-order valence-electron chi connectivity index (χ3n) is 4.81. The Labute approximate surface area is 184 Å². The number of ether oxygens (including phenoxy) is 1. The van der Waals surface area contributed by atoms with Crippen LogP contribution in [0.3, 0.4) is 0 Å². The zero-order valence-electron chi connectivity index (χ0n) is 16.6. The van der Waals surface area contributed by atoms with Gasteiger partial charge in [0, 0.05) is 19.0 Å². The fraction of sp³-hybridized carbons (Fsp3) is 0.350. The molecule has 0 bridgehead atoms. The Morgan fingerprint density at radius 2 is 2.03 bits per heavy atom. The predicted molar refractivity (Wildman–Crippen MR) is 111 cm³/mol. The van der Waals surface area contributed by atoms with Crippen molar-refractivity contribution in [2.75, 3.05) is 17.7 Å². The number of hydrogen-bond donors (Lipinski definition) is 1. The van der Waals surface area contributed by atoms with E-state index in [2.05, 4.69) is 20.3 Å². The van der Waals surface area contributed by atoms with Gasteiger partial charge in [-0.2, -0.15) is 13.2 Å². The molecule has 1 aromatic carbocycles. The van der Waals surface area contributed by atoms with E-state index in [0.717, 1.165) is 30.7 Å². The molecular weight excluding hydrogens is 447 g/mol. The van der Waals surface area contributed by atoms with E-state index in [1.54, 1.807) is 0 Å². The zero-order valence-corrected chi connectivity index (χ0v) is 17.4. The van der Waals surface area contributed by atoms with Crippen LogP contribution in [0.1, 0.15) is 18.4 Å². The van der Waals surface area contributed by atoms with Crippen molar-refractivity contribution < 1.29 is 22.7 Å². The van der Waals surface area contributed by atoms with Gasteiger partial charge in [0.25, 0.3) is 5.56 Å². The van der Waals surface area contributed by atoms with Crippen LogP contribution in [0.25, 0.3) is 11.2 Å². The molecule has 1 fully saturated rings. The van der Waals surface area contributed by atoms with Gasteiger partial charge in [-0.05, 0) is 25.0 Å². The highest BCUT2D eigenvalue weighted by atomic mass is 32.2. The second-order valence-corrected chi connectivity index (χ2v) is 8.00. The number of hydrogen-bond acceptors (Lipinski definition) is 7. The number of anilines is 1. The molecule has 0 unspecified atom stereocenters. The molecule has 0 spiro atoms. The van der Waals surface area contributed by atoms with Crippen LogP contribution in [0.5, 0.6) is 0 Å². The van der Waals surface area contributed by atoms with Gasteiger partial charge in [-0.1, -0.05) is 23.9 Å². The van der Waals surface area contributed by atoms with E-state index >= 15 is 0 Å². The summed E-state index contributed by atoms with van der Waals surface area (Å²) in [4.78, 5) is 37.8. The molecule has 8 nitrogen and oxygen atoms in total. The number of thioether (sulfide) groups is 1. The number of alkyl halides is 3. The first-order valence-electron chi connectivity index (χ1n) is 9.75. The largest absolute Gasteiger partial charge is 0.418 e. The average Bonchev–Trinajstić information content (AvgIpc) is 3.27. The van der Waals surface area contributed by atoms with E-state index in [4.69, 9.17) is 4.74 Å². The summed E-state index contributed by atoms with van der Waals surface area (Å²) < 4.78 is 46.5. The Bertz CT molecular complexity index is 1200. The SMILES string of the molecule is O=C(CSc1nc2nccnc2c(=O)n1C[C@@H]1CCCO1)Nc1ccccc1C(F)(F)F. The van der Waals surface area contributed by atoms with Crippen molar-refractivity contribution >= 4 is 34.5 Å². The smallest absolute Gasteiger partial charge is 0.376 e. The molecule has 1 amide bonds. The van der Waals surface area contributed by atoms with Crippen molar-refractivity contribution in [1.29, 1.82) is 0 Å². The summed E-state index contributed by atoms with van der Waals surface area (Å²) >= 11 is 0.935. The summed E-state index contributed by atoms with van der Waals surface area (Å²) in [6.07, 6.45) is -0.324. The van der Waals surface area contributed by atoms with Gasteiger partial charge in [-0.25, -0.2) is 15.0 Å². The lowest BCUT2D eigenvalue weighted by atomic mass is 10.1. The van der Waals surface area contributed by atoms with Gasteiger partial charge in [0.05, 0.1) is 29.7 Å². The molecule has 12 heteroatoms. The van der Waals surface area contributed by atoms with Crippen LogP contribution in [0.2, 0.25) is 0 Å². The lowest BCUT2D eigenvalue weighted by Gasteiger charge is -2.16. The minimum atomic E-state index is -4.60. The number of aromatic nitrogens is 4. The summed E-state index contributed by atoms with van der Waals surface area (Å²) in [5, 5.41) is 2.50. The zero-order chi connectivity index (χ0) is 22.7. The van der Waals surface area contributed by atoms with Crippen LogP contribution < -0.4 is 10.9 Å². The highest BCUT2D eigenvalue weighted by molar-refractivity contribution is 7.99. The number of nitrogens with zero attached hydrogens (tertiary/aromatic N) is 4. The molecule has 0 radical (unpaired) electrons. The third kappa shape index (κ3) is 4.91. The number of carbonyl (C=O) groups excluding carboxylic acids is 1. The van der Waals surface area contributed by atoms with E-state index in [0.29, 0.717) is 6.61 Å². The molecule has 1 saturated heterocycles. The van der Waals surface area contributed by atoms with Gasteiger partial charge >= 0.3 is 6.18 Å². The molecule has 32 heavy (non-hydrogen) atoms. The average molecular weight is 465 g/mol. The molecule has 1 aliphatic rings. The molecule has 4 rings (SSSR count). The second-order valence-electron chi connectivity index (χ2n) is 7.05. The molecule has 0 saturated carbocycles. The highest BCUT2D eigenvalue weighted by Crippen LogP contribution is 2.34. The van der Waals surface area contributed by atoms with Crippen LogP contribution in [0.4, 0.5) is 18.9 Å². The Kier molecular flexibility index (Phi) is 6.42. The van der Waals surface area contributed by atoms with Gasteiger partial charge < -0.3 is 10.1 Å². The maximum absolute atomic E-state index is 13.2. The first kappa shape index (κ1) is 22.2. The first-order valence-corrected chi connectivity index (χ1v) is 10.7. The second kappa shape index (κ2) is 9.25. The Hall–Kier alpha value is -2.99. The van der Waals surface area contributed by atoms with Crippen LogP contribution >= 0.6 is 11.8 Å².